The van der Waals surface area contributed by atoms with E-state index in [2.05, 4.69) is 36.6 Å². The number of ether oxygens (including phenoxy) is 1. The first-order valence-electron chi connectivity index (χ1n) is 12.3. The number of nitrogens with one attached hydrogen (secondary N) is 3. The third-order valence-corrected chi connectivity index (χ3v) is 6.09. The normalized spacial score (nSPS) is 11.3. The predicted octanol–water partition coefficient (Wildman–Crippen LogP) is 3.57. The van der Waals surface area contributed by atoms with Gasteiger partial charge >= 0.3 is 0 Å². The molecule has 9 nitrogen and oxygen atoms in total. The van der Waals surface area contributed by atoms with Gasteiger partial charge in [0.05, 0.1) is 12.7 Å². The monoisotopic (exact) mass is 501 g/mol. The van der Waals surface area contributed by atoms with Crippen molar-refractivity contribution in [2.45, 2.75) is 0 Å². The Kier molecular flexibility index (Phi) is 8.37. The van der Waals surface area contributed by atoms with Crippen LogP contribution >= 0.6 is 0 Å². The van der Waals surface area contributed by atoms with Gasteiger partial charge in [0.25, 0.3) is 5.91 Å². The molecule has 0 bridgehead atoms. The molecule has 4 rings (SSSR count). The van der Waals surface area contributed by atoms with E-state index in [4.69, 9.17) is 4.74 Å². The predicted molar refractivity (Wildman–Crippen MR) is 149 cm³/mol. The zero-order chi connectivity index (χ0) is 26.4. The van der Waals surface area contributed by atoms with Crippen molar-refractivity contribution in [1.82, 2.24) is 30.1 Å². The Labute approximate surface area is 217 Å². The van der Waals surface area contributed by atoms with Crippen molar-refractivity contribution < 1.29 is 9.53 Å². The van der Waals surface area contributed by atoms with Gasteiger partial charge < -0.3 is 30.2 Å². The van der Waals surface area contributed by atoms with Crippen LogP contribution in [0.2, 0.25) is 0 Å². The van der Waals surface area contributed by atoms with E-state index in [-0.39, 0.29) is 5.91 Å². The van der Waals surface area contributed by atoms with E-state index in [1.54, 1.807) is 19.5 Å². The smallest absolute Gasteiger partial charge is 0.255 e. The number of methoxy groups -OCH3 is 1. The highest BCUT2D eigenvalue weighted by Gasteiger charge is 2.17. The summed E-state index contributed by atoms with van der Waals surface area (Å²) in [6, 6.07) is 11.9. The molecule has 0 atom stereocenters. The summed E-state index contributed by atoms with van der Waals surface area (Å²) in [6.45, 7) is 2.80. The number of likely N-dealkylation sites (N-methyl/N-ethyl adjacent to an activating group) is 2. The molecule has 37 heavy (non-hydrogen) atoms. The summed E-state index contributed by atoms with van der Waals surface area (Å²) in [4.78, 5) is 29.8. The van der Waals surface area contributed by atoms with Crippen LogP contribution in [0, 0.1) is 0 Å². The zero-order valence-electron chi connectivity index (χ0n) is 22.1. The third kappa shape index (κ3) is 6.25. The average Bonchev–Trinajstić information content (AvgIpc) is 3.31. The molecule has 0 radical (unpaired) electrons. The van der Waals surface area contributed by atoms with Crippen molar-refractivity contribution in [3.05, 3.63) is 60.6 Å². The molecule has 1 aromatic carbocycles. The van der Waals surface area contributed by atoms with Gasteiger partial charge in [-0.25, -0.2) is 9.97 Å². The van der Waals surface area contributed by atoms with Gasteiger partial charge in [-0.15, -0.1) is 0 Å². The maximum atomic E-state index is 13.2. The fourth-order valence-electron chi connectivity index (χ4n) is 4.07. The molecule has 4 aromatic rings. The van der Waals surface area contributed by atoms with Crippen LogP contribution < -0.4 is 15.4 Å². The molecule has 0 aliphatic heterocycles. The minimum absolute atomic E-state index is 0.158. The Morgan fingerprint density at radius 1 is 0.946 bits per heavy atom. The van der Waals surface area contributed by atoms with Crippen molar-refractivity contribution in [2.24, 2.45) is 0 Å². The highest BCUT2D eigenvalue weighted by atomic mass is 16.5. The minimum Gasteiger partial charge on any atom is -0.496 e. The van der Waals surface area contributed by atoms with E-state index in [1.165, 1.54) is 0 Å². The number of carbonyl (C=O) groups is 1. The second-order valence-electron chi connectivity index (χ2n) is 9.43. The Hall–Kier alpha value is -3.95. The van der Waals surface area contributed by atoms with Crippen LogP contribution in [-0.2, 0) is 0 Å². The number of H-pyrrole nitrogens is 1. The molecule has 1 amide bonds. The summed E-state index contributed by atoms with van der Waals surface area (Å²) < 4.78 is 5.58. The molecular weight excluding hydrogens is 466 g/mol. The molecule has 3 heterocycles. The van der Waals surface area contributed by atoms with Crippen molar-refractivity contribution in [2.75, 3.05) is 66.8 Å². The maximum absolute atomic E-state index is 13.2. The first-order chi connectivity index (χ1) is 17.9. The maximum Gasteiger partial charge on any atom is 0.255 e. The second-order valence-corrected chi connectivity index (χ2v) is 9.43. The summed E-state index contributed by atoms with van der Waals surface area (Å²) in [6.07, 6.45) is 5.53. The van der Waals surface area contributed by atoms with Gasteiger partial charge in [-0.2, -0.15) is 0 Å². The van der Waals surface area contributed by atoms with Gasteiger partial charge in [-0.1, -0.05) is 18.2 Å². The van der Waals surface area contributed by atoms with E-state index >= 15 is 0 Å². The first kappa shape index (κ1) is 26.1. The Bertz CT molecular complexity index is 1360. The number of para-hydroxylation sites is 1. The number of pyridine rings is 2. The number of amides is 1. The van der Waals surface area contributed by atoms with Crippen LogP contribution in [0.5, 0.6) is 5.75 Å². The number of hydrogen-bond acceptors (Lipinski definition) is 7. The van der Waals surface area contributed by atoms with Gasteiger partial charge in [0.1, 0.15) is 17.2 Å². The lowest BCUT2D eigenvalue weighted by Gasteiger charge is -2.16. The fraction of sp³-hybridized carbons (Fsp3) is 0.321. The van der Waals surface area contributed by atoms with Crippen molar-refractivity contribution in [1.29, 1.82) is 0 Å². The number of hydrogen-bond donors (Lipinski definition) is 3. The molecule has 0 unspecified atom stereocenters. The summed E-state index contributed by atoms with van der Waals surface area (Å²) >= 11 is 0. The van der Waals surface area contributed by atoms with E-state index in [9.17, 15) is 4.79 Å². The van der Waals surface area contributed by atoms with Gasteiger partial charge in [-0.3, -0.25) is 4.79 Å². The Balaban J connectivity index is 1.70. The molecule has 3 aromatic heterocycles. The van der Waals surface area contributed by atoms with Crippen molar-refractivity contribution >= 4 is 22.8 Å². The zero-order valence-corrected chi connectivity index (χ0v) is 22.1. The molecule has 0 saturated carbocycles. The van der Waals surface area contributed by atoms with Crippen LogP contribution in [0.3, 0.4) is 0 Å². The first-order valence-corrected chi connectivity index (χ1v) is 12.3. The molecule has 194 valence electrons. The van der Waals surface area contributed by atoms with Crippen LogP contribution in [-0.4, -0.2) is 92.1 Å². The molecule has 0 aliphatic carbocycles. The van der Waals surface area contributed by atoms with Gasteiger partial charge in [0, 0.05) is 72.4 Å². The third-order valence-electron chi connectivity index (χ3n) is 6.09. The topological polar surface area (TPSA) is 98.4 Å². The fourth-order valence-corrected chi connectivity index (χ4v) is 4.07. The van der Waals surface area contributed by atoms with Gasteiger partial charge in [0.15, 0.2) is 0 Å². The standard InChI is InChI=1S/C28H35N7O2/c1-34(2)12-10-29-27-23(28(36)30-11-13-35(3)4)15-20(17-32-27)19-14-22-24(18-33-26(22)31-16-19)21-8-6-7-9-25(21)37-5/h6-9,14-18H,10-13H2,1-5H3,(H,29,32)(H,30,36)(H,31,33). The number of aromatic nitrogens is 3. The summed E-state index contributed by atoms with van der Waals surface area (Å²) in [5.74, 6) is 1.20. The summed E-state index contributed by atoms with van der Waals surface area (Å²) in [7, 11) is 9.65. The molecule has 3 N–H and O–H groups in total. The number of anilines is 1. The van der Waals surface area contributed by atoms with E-state index < -0.39 is 0 Å². The van der Waals surface area contributed by atoms with Crippen LogP contribution in [0.1, 0.15) is 10.4 Å². The molecular formula is C28H35N7O2. The van der Waals surface area contributed by atoms with Crippen LogP contribution in [0.25, 0.3) is 33.3 Å². The Morgan fingerprint density at radius 2 is 1.65 bits per heavy atom. The Morgan fingerprint density at radius 3 is 2.41 bits per heavy atom. The van der Waals surface area contributed by atoms with Crippen LogP contribution in [0.4, 0.5) is 5.82 Å². The number of carbonyl (C=O) groups excluding carboxylic acids is 1. The lowest BCUT2D eigenvalue weighted by molar-refractivity contribution is 0.0951. The largest absolute Gasteiger partial charge is 0.496 e. The highest BCUT2D eigenvalue weighted by Crippen LogP contribution is 2.36. The average molecular weight is 502 g/mol. The van der Waals surface area contributed by atoms with Gasteiger partial charge in [0.2, 0.25) is 0 Å². The number of benzene rings is 1. The summed E-state index contributed by atoms with van der Waals surface area (Å²) in [5.41, 5.74) is 4.96. The summed E-state index contributed by atoms with van der Waals surface area (Å²) in [5, 5.41) is 7.29. The number of nitrogens with zero attached hydrogens (tertiary/aromatic N) is 4. The lowest BCUT2D eigenvalue weighted by Crippen LogP contribution is -2.32. The molecule has 0 aliphatic rings. The van der Waals surface area contributed by atoms with Crippen LogP contribution in [0.15, 0.2) is 55.0 Å². The van der Waals surface area contributed by atoms with E-state index in [1.807, 2.05) is 69.6 Å². The number of aromatic amines is 1. The highest BCUT2D eigenvalue weighted by molar-refractivity contribution is 6.01. The quantitative estimate of drug-likeness (QED) is 0.289. The van der Waals surface area contributed by atoms with E-state index in [0.717, 1.165) is 52.1 Å². The van der Waals surface area contributed by atoms with Crippen molar-refractivity contribution in [3.8, 4) is 28.0 Å². The van der Waals surface area contributed by atoms with Crippen molar-refractivity contribution in [3.63, 3.8) is 0 Å². The second kappa shape index (κ2) is 11.9. The minimum atomic E-state index is -0.158. The molecule has 0 fully saturated rings. The molecule has 0 spiro atoms. The SMILES string of the molecule is COc1ccccc1-c1c[nH]c2ncc(-c3cnc(NCCN(C)C)c(C(=O)NCCN(C)C)c3)cc12. The lowest BCUT2D eigenvalue weighted by atomic mass is 10.0. The molecule has 9 heteroatoms. The van der Waals surface area contributed by atoms with Gasteiger partial charge in [-0.05, 0) is 46.4 Å². The van der Waals surface area contributed by atoms with E-state index in [0.29, 0.717) is 24.5 Å². The number of fused-ring (bicyclic) bond motifs is 1. The number of rotatable bonds is 11. The molecule has 0 saturated heterocycles.